The molecule has 1 atom stereocenters. The number of pyridine rings is 1. The van der Waals surface area contributed by atoms with Crippen molar-refractivity contribution < 1.29 is 9.53 Å². The van der Waals surface area contributed by atoms with Gasteiger partial charge < -0.3 is 15.8 Å². The fourth-order valence-corrected chi connectivity index (χ4v) is 3.07. The van der Waals surface area contributed by atoms with Crippen LogP contribution in [0.1, 0.15) is 28.9 Å². The largest absolute Gasteiger partial charge is 0.482 e. The number of hydrogen-bond donors (Lipinski definition) is 2. The van der Waals surface area contributed by atoms with Gasteiger partial charge in [-0.05, 0) is 36.8 Å². The summed E-state index contributed by atoms with van der Waals surface area (Å²) in [5.74, 6) is 0.276. The third-order valence-electron chi connectivity index (χ3n) is 3.96. The summed E-state index contributed by atoms with van der Waals surface area (Å²) in [4.78, 5) is 16.5. The van der Waals surface area contributed by atoms with E-state index < -0.39 is 0 Å². The lowest BCUT2D eigenvalue weighted by Gasteiger charge is -2.17. The summed E-state index contributed by atoms with van der Waals surface area (Å²) in [6.07, 6.45) is 1.10. The normalized spacial score (nSPS) is 11.7. The zero-order chi connectivity index (χ0) is 20.3. The zero-order valence-electron chi connectivity index (χ0n) is 14.7. The molecule has 0 fully saturated rings. The summed E-state index contributed by atoms with van der Waals surface area (Å²) in [6, 6.07) is 13.7. The lowest BCUT2D eigenvalue weighted by molar-refractivity contribution is 0.102. The summed E-state index contributed by atoms with van der Waals surface area (Å²) in [7, 11) is 0. The van der Waals surface area contributed by atoms with Gasteiger partial charge in [-0.1, -0.05) is 53.0 Å². The van der Waals surface area contributed by atoms with E-state index in [4.69, 9.17) is 45.3 Å². The quantitative estimate of drug-likeness (QED) is 0.513. The maximum Gasteiger partial charge on any atom is 0.257 e. The fraction of sp³-hybridized carbons (Fsp3) is 0.100. The lowest BCUT2D eigenvalue weighted by Crippen LogP contribution is -2.13. The monoisotopic (exact) mass is 435 g/mol. The highest BCUT2D eigenvalue weighted by Crippen LogP contribution is 2.30. The Morgan fingerprint density at radius 1 is 1.14 bits per heavy atom. The van der Waals surface area contributed by atoms with Gasteiger partial charge in [0.25, 0.3) is 5.91 Å². The van der Waals surface area contributed by atoms with E-state index in [1.165, 1.54) is 6.20 Å². The number of nitrogens with two attached hydrogens (primary N) is 1. The van der Waals surface area contributed by atoms with Crippen molar-refractivity contribution in [2.75, 3.05) is 11.1 Å². The number of nitrogens with zero attached hydrogens (tertiary/aromatic N) is 1. The molecular weight excluding hydrogens is 421 g/mol. The second-order valence-electron chi connectivity index (χ2n) is 5.98. The lowest BCUT2D eigenvalue weighted by atomic mass is 10.1. The molecule has 0 aliphatic rings. The summed E-state index contributed by atoms with van der Waals surface area (Å²) < 4.78 is 5.87. The standard InChI is InChI=1S/C20H16Cl3N3O2/c1-11(28-17-9-13(21)10-25-19(17)24)12-4-2-5-14(8-12)26-20(27)15-6-3-7-16(22)18(15)23/h2-11H,1H3,(H2,24,25)(H,26,27). The highest BCUT2D eigenvalue weighted by molar-refractivity contribution is 6.44. The van der Waals surface area contributed by atoms with Crippen LogP contribution in [0.15, 0.2) is 54.7 Å². The van der Waals surface area contributed by atoms with Crippen molar-refractivity contribution in [1.82, 2.24) is 4.98 Å². The SMILES string of the molecule is CC(Oc1cc(Cl)cnc1N)c1cccc(NC(=O)c2cccc(Cl)c2Cl)c1. The van der Waals surface area contributed by atoms with Crippen molar-refractivity contribution in [3.63, 3.8) is 0 Å². The predicted octanol–water partition coefficient (Wildman–Crippen LogP) is 6.02. The number of benzene rings is 2. The molecule has 0 radical (unpaired) electrons. The van der Waals surface area contributed by atoms with Crippen LogP contribution >= 0.6 is 34.8 Å². The zero-order valence-corrected chi connectivity index (χ0v) is 17.0. The number of ether oxygens (including phenoxy) is 1. The van der Waals surface area contributed by atoms with Gasteiger partial charge in [0, 0.05) is 18.0 Å². The number of nitrogens with one attached hydrogen (secondary N) is 1. The first-order valence-electron chi connectivity index (χ1n) is 8.28. The first-order valence-corrected chi connectivity index (χ1v) is 9.41. The van der Waals surface area contributed by atoms with Crippen LogP contribution in [0.5, 0.6) is 5.75 Å². The smallest absolute Gasteiger partial charge is 0.257 e. The maximum atomic E-state index is 12.5. The fourth-order valence-electron chi connectivity index (χ4n) is 2.53. The molecule has 28 heavy (non-hydrogen) atoms. The van der Waals surface area contributed by atoms with Crippen LogP contribution < -0.4 is 15.8 Å². The first kappa shape index (κ1) is 20.3. The predicted molar refractivity (Wildman–Crippen MR) is 114 cm³/mol. The van der Waals surface area contributed by atoms with E-state index >= 15 is 0 Å². The molecule has 3 rings (SSSR count). The molecule has 5 nitrogen and oxygen atoms in total. The second-order valence-corrected chi connectivity index (χ2v) is 7.20. The second kappa shape index (κ2) is 8.69. The Bertz CT molecular complexity index is 1030. The van der Waals surface area contributed by atoms with Gasteiger partial charge in [-0.25, -0.2) is 4.98 Å². The van der Waals surface area contributed by atoms with Crippen LogP contribution in [0.3, 0.4) is 0 Å². The van der Waals surface area contributed by atoms with E-state index in [-0.39, 0.29) is 22.9 Å². The molecule has 0 aliphatic heterocycles. The number of amides is 1. The maximum absolute atomic E-state index is 12.5. The molecular formula is C20H16Cl3N3O2. The van der Waals surface area contributed by atoms with E-state index in [1.807, 2.05) is 19.1 Å². The number of halogens is 3. The highest BCUT2D eigenvalue weighted by Gasteiger charge is 2.15. The van der Waals surface area contributed by atoms with Gasteiger partial charge in [-0.3, -0.25) is 4.79 Å². The van der Waals surface area contributed by atoms with E-state index in [2.05, 4.69) is 10.3 Å². The van der Waals surface area contributed by atoms with Gasteiger partial charge in [0.05, 0.1) is 20.6 Å². The van der Waals surface area contributed by atoms with Crippen LogP contribution in [-0.4, -0.2) is 10.9 Å². The topological polar surface area (TPSA) is 77.2 Å². The number of nitrogen functional groups attached to an aromatic ring is 1. The van der Waals surface area contributed by atoms with Gasteiger partial charge in [-0.2, -0.15) is 0 Å². The Hall–Kier alpha value is -2.47. The Balaban J connectivity index is 1.77. The molecule has 8 heteroatoms. The van der Waals surface area contributed by atoms with Gasteiger partial charge >= 0.3 is 0 Å². The van der Waals surface area contributed by atoms with Crippen LogP contribution in [0.25, 0.3) is 0 Å². The van der Waals surface area contributed by atoms with E-state index in [1.54, 1.807) is 36.4 Å². The van der Waals surface area contributed by atoms with E-state index in [0.717, 1.165) is 5.56 Å². The molecule has 3 aromatic rings. The van der Waals surface area contributed by atoms with Gasteiger partial charge in [0.2, 0.25) is 0 Å². The number of carbonyl (C=O) groups is 1. The molecule has 0 saturated carbocycles. The van der Waals surface area contributed by atoms with E-state index in [0.29, 0.717) is 27.0 Å². The van der Waals surface area contributed by atoms with Crippen LogP contribution in [0.2, 0.25) is 15.1 Å². The van der Waals surface area contributed by atoms with Crippen LogP contribution in [-0.2, 0) is 0 Å². The van der Waals surface area contributed by atoms with Crippen molar-refractivity contribution in [3.05, 3.63) is 80.9 Å². The number of hydrogen-bond acceptors (Lipinski definition) is 4. The molecule has 144 valence electrons. The third kappa shape index (κ3) is 4.68. The van der Waals surface area contributed by atoms with Crippen molar-refractivity contribution in [3.8, 4) is 5.75 Å². The Labute approximate surface area is 177 Å². The molecule has 3 N–H and O–H groups in total. The average Bonchev–Trinajstić information content (AvgIpc) is 2.67. The summed E-state index contributed by atoms with van der Waals surface area (Å²) in [5, 5.41) is 3.76. The molecule has 1 amide bonds. The average molecular weight is 437 g/mol. The number of aromatic nitrogens is 1. The van der Waals surface area contributed by atoms with Crippen LogP contribution in [0, 0.1) is 0 Å². The van der Waals surface area contributed by atoms with Crippen molar-refractivity contribution in [2.24, 2.45) is 0 Å². The molecule has 1 aromatic heterocycles. The number of rotatable bonds is 5. The summed E-state index contributed by atoms with van der Waals surface area (Å²) in [5.41, 5.74) is 7.54. The molecule has 0 aliphatic carbocycles. The number of anilines is 2. The minimum absolute atomic E-state index is 0.207. The summed E-state index contributed by atoms with van der Waals surface area (Å²) >= 11 is 18.0. The van der Waals surface area contributed by atoms with Crippen LogP contribution in [0.4, 0.5) is 11.5 Å². The Morgan fingerprint density at radius 3 is 2.68 bits per heavy atom. The van der Waals surface area contributed by atoms with Crippen molar-refractivity contribution in [1.29, 1.82) is 0 Å². The Morgan fingerprint density at radius 2 is 1.89 bits per heavy atom. The number of carbonyl (C=O) groups excluding carboxylic acids is 1. The Kier molecular flexibility index (Phi) is 6.29. The minimum atomic E-state index is -0.360. The molecule has 1 unspecified atom stereocenters. The summed E-state index contributed by atoms with van der Waals surface area (Å²) in [6.45, 7) is 1.86. The van der Waals surface area contributed by atoms with Gasteiger partial charge in [-0.15, -0.1) is 0 Å². The van der Waals surface area contributed by atoms with Crippen molar-refractivity contribution in [2.45, 2.75) is 13.0 Å². The first-order chi connectivity index (χ1) is 13.3. The van der Waals surface area contributed by atoms with Gasteiger partial charge in [0.15, 0.2) is 11.6 Å². The molecule has 0 spiro atoms. The minimum Gasteiger partial charge on any atom is -0.482 e. The third-order valence-corrected chi connectivity index (χ3v) is 4.99. The highest BCUT2D eigenvalue weighted by atomic mass is 35.5. The molecule has 2 aromatic carbocycles. The van der Waals surface area contributed by atoms with E-state index in [9.17, 15) is 4.79 Å². The molecule has 0 saturated heterocycles. The van der Waals surface area contributed by atoms with Gasteiger partial charge in [0.1, 0.15) is 6.10 Å². The molecule has 0 bridgehead atoms. The molecule has 1 heterocycles. The van der Waals surface area contributed by atoms with Crippen molar-refractivity contribution >= 4 is 52.2 Å².